The van der Waals surface area contributed by atoms with Crippen LogP contribution in [0.2, 0.25) is 0 Å². The molecule has 2 rings (SSSR count). The van der Waals surface area contributed by atoms with Crippen molar-refractivity contribution >= 4 is 0 Å². The third-order valence-corrected chi connectivity index (χ3v) is 2.78. The Bertz CT molecular complexity index is 355. The smallest absolute Gasteiger partial charge is 0.230 e. The van der Waals surface area contributed by atoms with Gasteiger partial charge in [0.15, 0.2) is 0 Å². The fraction of sp³-hybridized carbons (Fsp3) is 0.818. The lowest BCUT2D eigenvalue weighted by Gasteiger charge is -2.13. The maximum absolute atomic E-state index is 5.84. The highest BCUT2D eigenvalue weighted by atomic mass is 16.4. The van der Waals surface area contributed by atoms with E-state index in [1.165, 1.54) is 0 Å². The summed E-state index contributed by atoms with van der Waals surface area (Å²) in [4.78, 5) is 2.25. The normalized spacial score (nSPS) is 22.9. The van der Waals surface area contributed by atoms with Crippen molar-refractivity contribution in [2.45, 2.75) is 45.2 Å². The summed E-state index contributed by atoms with van der Waals surface area (Å²) in [6, 6.07) is 0.296. The van der Waals surface area contributed by atoms with Gasteiger partial charge in [-0.25, -0.2) is 0 Å². The highest BCUT2D eigenvalue weighted by Crippen LogP contribution is 2.21. The minimum atomic E-state index is -0.0767. The number of nitrogens with zero attached hydrogens (tertiary/aromatic N) is 3. The molecule has 1 saturated heterocycles. The van der Waals surface area contributed by atoms with Gasteiger partial charge in [0.1, 0.15) is 0 Å². The number of aromatic nitrogens is 2. The van der Waals surface area contributed by atoms with E-state index in [1.807, 2.05) is 0 Å². The number of hydrogen-bond acceptors (Lipinski definition) is 5. The number of hydrogen-bond donors (Lipinski definition) is 1. The quantitative estimate of drug-likeness (QED) is 0.808. The predicted octanol–water partition coefficient (Wildman–Crippen LogP) is 0.900. The maximum Gasteiger partial charge on any atom is 0.230 e. The molecule has 0 amide bonds. The highest BCUT2D eigenvalue weighted by molar-refractivity contribution is 4.96. The topological polar surface area (TPSA) is 68.2 Å². The van der Waals surface area contributed by atoms with Crippen LogP contribution >= 0.6 is 0 Å². The first kappa shape index (κ1) is 11.5. The van der Waals surface area contributed by atoms with Crippen LogP contribution in [0.25, 0.3) is 0 Å². The van der Waals surface area contributed by atoms with E-state index in [4.69, 9.17) is 10.2 Å². The van der Waals surface area contributed by atoms with Gasteiger partial charge in [0.2, 0.25) is 11.8 Å². The van der Waals surface area contributed by atoms with Crippen LogP contribution in [0.4, 0.5) is 0 Å². The SMILES string of the molecule is CC(C)(C)c1nnc(CN2CCC(N)C2)o1. The first-order chi connectivity index (χ1) is 7.45. The molecule has 0 aromatic carbocycles. The molecule has 0 spiro atoms. The van der Waals surface area contributed by atoms with Crippen LogP contribution < -0.4 is 5.73 Å². The van der Waals surface area contributed by atoms with Gasteiger partial charge in [-0.05, 0) is 6.42 Å². The fourth-order valence-corrected chi connectivity index (χ4v) is 1.82. The molecule has 1 unspecified atom stereocenters. The van der Waals surface area contributed by atoms with Crippen molar-refractivity contribution in [2.24, 2.45) is 5.73 Å². The summed E-state index contributed by atoms with van der Waals surface area (Å²) < 4.78 is 5.64. The Morgan fingerprint density at radius 3 is 2.69 bits per heavy atom. The van der Waals surface area contributed by atoms with Crippen LogP contribution in [0, 0.1) is 0 Å². The summed E-state index contributed by atoms with van der Waals surface area (Å²) in [6.07, 6.45) is 1.06. The molecule has 1 atom stereocenters. The van der Waals surface area contributed by atoms with E-state index in [0.29, 0.717) is 17.8 Å². The predicted molar refractivity (Wildman–Crippen MR) is 60.9 cm³/mol. The Hall–Kier alpha value is -0.940. The maximum atomic E-state index is 5.84. The Labute approximate surface area is 96.0 Å². The van der Waals surface area contributed by atoms with Gasteiger partial charge in [-0.1, -0.05) is 20.8 Å². The molecule has 0 bridgehead atoms. The van der Waals surface area contributed by atoms with Crippen molar-refractivity contribution in [3.63, 3.8) is 0 Å². The zero-order chi connectivity index (χ0) is 11.8. The Balaban J connectivity index is 1.98. The second-order valence-electron chi connectivity index (χ2n) is 5.53. The Kier molecular flexibility index (Phi) is 2.99. The molecule has 90 valence electrons. The molecule has 16 heavy (non-hydrogen) atoms. The lowest BCUT2D eigenvalue weighted by Crippen LogP contribution is -2.26. The van der Waals surface area contributed by atoms with Gasteiger partial charge in [-0.3, -0.25) is 4.90 Å². The molecule has 0 radical (unpaired) electrons. The molecule has 5 nitrogen and oxygen atoms in total. The van der Waals surface area contributed by atoms with E-state index in [0.717, 1.165) is 26.1 Å². The van der Waals surface area contributed by atoms with E-state index in [9.17, 15) is 0 Å². The van der Waals surface area contributed by atoms with Crippen molar-refractivity contribution in [1.82, 2.24) is 15.1 Å². The molecule has 5 heteroatoms. The van der Waals surface area contributed by atoms with E-state index >= 15 is 0 Å². The van der Waals surface area contributed by atoms with Gasteiger partial charge >= 0.3 is 0 Å². The van der Waals surface area contributed by atoms with E-state index in [1.54, 1.807) is 0 Å². The first-order valence-electron chi connectivity index (χ1n) is 5.76. The summed E-state index contributed by atoms with van der Waals surface area (Å²) in [7, 11) is 0. The molecular formula is C11H20N4O. The second kappa shape index (κ2) is 4.14. The van der Waals surface area contributed by atoms with Crippen LogP contribution in [-0.4, -0.2) is 34.2 Å². The van der Waals surface area contributed by atoms with Crippen LogP contribution in [0.1, 0.15) is 39.0 Å². The average Bonchev–Trinajstić information content (AvgIpc) is 2.74. The monoisotopic (exact) mass is 224 g/mol. The molecule has 0 saturated carbocycles. The molecule has 2 N–H and O–H groups in total. The summed E-state index contributed by atoms with van der Waals surface area (Å²) in [5.74, 6) is 1.39. The van der Waals surface area contributed by atoms with E-state index in [2.05, 4.69) is 35.9 Å². The van der Waals surface area contributed by atoms with Crippen molar-refractivity contribution in [3.8, 4) is 0 Å². The van der Waals surface area contributed by atoms with E-state index in [-0.39, 0.29) is 5.41 Å². The molecule has 1 aromatic heterocycles. The number of nitrogens with two attached hydrogens (primary N) is 1. The largest absolute Gasteiger partial charge is 0.423 e. The summed E-state index contributed by atoms with van der Waals surface area (Å²) >= 11 is 0. The fourth-order valence-electron chi connectivity index (χ4n) is 1.82. The molecule has 1 fully saturated rings. The molecule has 2 heterocycles. The van der Waals surface area contributed by atoms with Gasteiger partial charge in [0.05, 0.1) is 6.54 Å². The van der Waals surface area contributed by atoms with Crippen molar-refractivity contribution in [2.75, 3.05) is 13.1 Å². The van der Waals surface area contributed by atoms with Crippen molar-refractivity contribution in [3.05, 3.63) is 11.8 Å². The molecule has 1 aromatic rings. The van der Waals surface area contributed by atoms with Gasteiger partial charge in [-0.15, -0.1) is 10.2 Å². The van der Waals surface area contributed by atoms with Gasteiger partial charge in [0, 0.05) is 24.5 Å². The lowest BCUT2D eigenvalue weighted by molar-refractivity contribution is 0.274. The summed E-state index contributed by atoms with van der Waals surface area (Å²) in [5, 5.41) is 8.15. The van der Waals surface area contributed by atoms with E-state index < -0.39 is 0 Å². The molecular weight excluding hydrogens is 204 g/mol. The zero-order valence-electron chi connectivity index (χ0n) is 10.2. The highest BCUT2D eigenvalue weighted by Gasteiger charge is 2.24. The van der Waals surface area contributed by atoms with Crippen LogP contribution in [-0.2, 0) is 12.0 Å². The zero-order valence-corrected chi connectivity index (χ0v) is 10.2. The van der Waals surface area contributed by atoms with Gasteiger partial charge in [0.25, 0.3) is 0 Å². The lowest BCUT2D eigenvalue weighted by atomic mass is 9.97. The first-order valence-corrected chi connectivity index (χ1v) is 5.76. The molecule has 1 aliphatic rings. The average molecular weight is 224 g/mol. The minimum Gasteiger partial charge on any atom is -0.423 e. The Morgan fingerprint density at radius 1 is 1.44 bits per heavy atom. The van der Waals surface area contributed by atoms with Crippen LogP contribution in [0.5, 0.6) is 0 Å². The molecule has 0 aliphatic carbocycles. The van der Waals surface area contributed by atoms with Crippen LogP contribution in [0.3, 0.4) is 0 Å². The van der Waals surface area contributed by atoms with Crippen molar-refractivity contribution in [1.29, 1.82) is 0 Å². The van der Waals surface area contributed by atoms with Crippen molar-refractivity contribution < 1.29 is 4.42 Å². The third kappa shape index (κ3) is 2.59. The van der Waals surface area contributed by atoms with Crippen LogP contribution in [0.15, 0.2) is 4.42 Å². The molecule has 1 aliphatic heterocycles. The number of likely N-dealkylation sites (tertiary alicyclic amines) is 1. The summed E-state index contributed by atoms with van der Waals surface area (Å²) in [5.41, 5.74) is 5.77. The standard InChI is InChI=1S/C11H20N4O/c1-11(2,3)10-14-13-9(16-10)7-15-5-4-8(12)6-15/h8H,4-7,12H2,1-3H3. The van der Waals surface area contributed by atoms with Gasteiger partial charge < -0.3 is 10.2 Å². The number of rotatable bonds is 2. The summed E-state index contributed by atoms with van der Waals surface area (Å²) in [6.45, 7) is 8.86. The van der Waals surface area contributed by atoms with Gasteiger partial charge in [-0.2, -0.15) is 0 Å². The Morgan fingerprint density at radius 2 is 2.19 bits per heavy atom. The third-order valence-electron chi connectivity index (χ3n) is 2.78. The second-order valence-corrected chi connectivity index (χ2v) is 5.53. The minimum absolute atomic E-state index is 0.0767.